The van der Waals surface area contributed by atoms with Crippen LogP contribution in [-0.2, 0) is 9.53 Å². The van der Waals surface area contributed by atoms with Gasteiger partial charge in [0.05, 0.1) is 24.5 Å². The molecule has 0 spiro atoms. The van der Waals surface area contributed by atoms with Crippen molar-refractivity contribution in [3.05, 3.63) is 29.8 Å². The predicted molar refractivity (Wildman–Crippen MR) is 91.7 cm³/mol. The van der Waals surface area contributed by atoms with Crippen molar-refractivity contribution in [2.45, 2.75) is 31.7 Å². The van der Waals surface area contributed by atoms with Crippen molar-refractivity contribution in [1.29, 1.82) is 0 Å². The summed E-state index contributed by atoms with van der Waals surface area (Å²) in [6.45, 7) is 2.28. The molecule has 1 heterocycles. The van der Waals surface area contributed by atoms with Crippen molar-refractivity contribution in [2.24, 2.45) is 11.7 Å². The van der Waals surface area contributed by atoms with Crippen LogP contribution in [0.4, 0.5) is 5.69 Å². The molecular weight excluding hydrogens is 306 g/mol. The SMILES string of the molecule is NC1CCCC(C(=O)Nc2ccccc2C(=O)N2CCOCC2)C1. The van der Waals surface area contributed by atoms with Crippen molar-refractivity contribution in [2.75, 3.05) is 31.6 Å². The first-order valence-corrected chi connectivity index (χ1v) is 8.67. The third-order valence-corrected chi connectivity index (χ3v) is 4.80. The number of anilines is 1. The van der Waals surface area contributed by atoms with Gasteiger partial charge in [0.25, 0.3) is 5.91 Å². The van der Waals surface area contributed by atoms with Crippen molar-refractivity contribution >= 4 is 17.5 Å². The van der Waals surface area contributed by atoms with Gasteiger partial charge in [-0.1, -0.05) is 18.6 Å². The van der Waals surface area contributed by atoms with Crippen LogP contribution in [0.5, 0.6) is 0 Å². The van der Waals surface area contributed by atoms with Crippen molar-refractivity contribution in [1.82, 2.24) is 4.90 Å². The molecule has 0 aromatic heterocycles. The predicted octanol–water partition coefficient (Wildman–Crippen LogP) is 1.61. The van der Waals surface area contributed by atoms with Crippen LogP contribution in [0.25, 0.3) is 0 Å². The van der Waals surface area contributed by atoms with Gasteiger partial charge in [-0.05, 0) is 31.4 Å². The summed E-state index contributed by atoms with van der Waals surface area (Å²) >= 11 is 0. The first-order chi connectivity index (χ1) is 11.6. The zero-order valence-corrected chi connectivity index (χ0v) is 13.9. The lowest BCUT2D eigenvalue weighted by Gasteiger charge is -2.28. The number of rotatable bonds is 3. The van der Waals surface area contributed by atoms with E-state index in [0.717, 1.165) is 19.3 Å². The minimum Gasteiger partial charge on any atom is -0.378 e. The summed E-state index contributed by atoms with van der Waals surface area (Å²) in [5, 5.41) is 2.95. The number of carbonyl (C=O) groups excluding carboxylic acids is 2. The van der Waals surface area contributed by atoms with Crippen LogP contribution < -0.4 is 11.1 Å². The van der Waals surface area contributed by atoms with Crippen molar-refractivity contribution in [3.8, 4) is 0 Å². The molecule has 2 fully saturated rings. The van der Waals surface area contributed by atoms with Gasteiger partial charge >= 0.3 is 0 Å². The summed E-state index contributed by atoms with van der Waals surface area (Å²) < 4.78 is 5.29. The summed E-state index contributed by atoms with van der Waals surface area (Å²) in [5.74, 6) is -0.165. The van der Waals surface area contributed by atoms with E-state index < -0.39 is 0 Å². The molecule has 1 aliphatic heterocycles. The van der Waals surface area contributed by atoms with Crippen LogP contribution in [-0.4, -0.2) is 49.1 Å². The molecule has 1 aromatic carbocycles. The number of carbonyl (C=O) groups is 2. The van der Waals surface area contributed by atoms with E-state index in [-0.39, 0.29) is 23.8 Å². The van der Waals surface area contributed by atoms with Crippen molar-refractivity contribution in [3.63, 3.8) is 0 Å². The van der Waals surface area contributed by atoms with Crippen LogP contribution in [0, 0.1) is 5.92 Å². The van der Waals surface area contributed by atoms with Crippen molar-refractivity contribution < 1.29 is 14.3 Å². The molecule has 2 aliphatic rings. The molecule has 130 valence electrons. The fourth-order valence-corrected chi connectivity index (χ4v) is 3.42. The maximum Gasteiger partial charge on any atom is 0.256 e. The van der Waals surface area contributed by atoms with Crippen LogP contribution in [0.2, 0.25) is 0 Å². The molecule has 0 radical (unpaired) electrons. The monoisotopic (exact) mass is 331 g/mol. The lowest BCUT2D eigenvalue weighted by atomic mass is 9.85. The number of para-hydroxylation sites is 1. The lowest BCUT2D eigenvalue weighted by Crippen LogP contribution is -2.41. The first kappa shape index (κ1) is 16.9. The molecule has 2 atom stereocenters. The van der Waals surface area contributed by atoms with Gasteiger partial charge in [0, 0.05) is 25.0 Å². The Hall–Kier alpha value is -1.92. The fraction of sp³-hybridized carbons (Fsp3) is 0.556. The number of nitrogens with one attached hydrogen (secondary N) is 1. The summed E-state index contributed by atoms with van der Waals surface area (Å²) in [4.78, 5) is 27.1. The van der Waals surface area contributed by atoms with Gasteiger partial charge in [0.15, 0.2) is 0 Å². The van der Waals surface area contributed by atoms with Gasteiger partial charge in [0.2, 0.25) is 5.91 Å². The number of ether oxygens (including phenoxy) is 1. The Balaban J connectivity index is 1.71. The van der Waals surface area contributed by atoms with E-state index in [4.69, 9.17) is 10.5 Å². The molecule has 2 amide bonds. The maximum atomic E-state index is 12.7. The van der Waals surface area contributed by atoms with Crippen LogP contribution in [0.1, 0.15) is 36.0 Å². The normalized spacial score (nSPS) is 24.5. The molecule has 1 aliphatic carbocycles. The van der Waals surface area contributed by atoms with E-state index in [1.165, 1.54) is 0 Å². The van der Waals surface area contributed by atoms with Crippen LogP contribution in [0.15, 0.2) is 24.3 Å². The van der Waals surface area contributed by atoms with E-state index >= 15 is 0 Å². The molecule has 2 unspecified atom stereocenters. The van der Waals surface area contributed by atoms with Crippen LogP contribution in [0.3, 0.4) is 0 Å². The average molecular weight is 331 g/mol. The number of nitrogens with two attached hydrogens (primary N) is 1. The Morgan fingerprint density at radius 3 is 2.67 bits per heavy atom. The standard InChI is InChI=1S/C18H25N3O3/c19-14-5-3-4-13(12-14)17(22)20-16-7-2-1-6-15(16)18(23)21-8-10-24-11-9-21/h1-2,6-7,13-14H,3-5,8-12,19H2,(H,20,22). The Morgan fingerprint density at radius 2 is 1.92 bits per heavy atom. The number of nitrogens with zero attached hydrogens (tertiary/aromatic N) is 1. The number of amides is 2. The van der Waals surface area contributed by atoms with Gasteiger partial charge in [-0.2, -0.15) is 0 Å². The smallest absolute Gasteiger partial charge is 0.256 e. The van der Waals surface area contributed by atoms with Crippen LogP contribution >= 0.6 is 0 Å². The van der Waals surface area contributed by atoms with E-state index in [0.29, 0.717) is 44.0 Å². The molecule has 1 aromatic rings. The molecule has 0 bridgehead atoms. The number of benzene rings is 1. The summed E-state index contributed by atoms with van der Waals surface area (Å²) in [5.41, 5.74) is 7.10. The molecule has 1 saturated heterocycles. The van der Waals surface area contributed by atoms with Gasteiger partial charge < -0.3 is 20.7 Å². The number of hydrogen-bond donors (Lipinski definition) is 2. The molecule has 24 heavy (non-hydrogen) atoms. The number of morpholine rings is 1. The largest absolute Gasteiger partial charge is 0.378 e. The quantitative estimate of drug-likeness (QED) is 0.881. The molecule has 6 nitrogen and oxygen atoms in total. The minimum absolute atomic E-state index is 0.0348. The zero-order chi connectivity index (χ0) is 16.9. The third kappa shape index (κ3) is 3.94. The van der Waals surface area contributed by atoms with E-state index in [1.54, 1.807) is 17.0 Å². The minimum atomic E-state index is -0.0692. The third-order valence-electron chi connectivity index (χ3n) is 4.80. The van der Waals surface area contributed by atoms with Gasteiger partial charge in [-0.3, -0.25) is 9.59 Å². The molecular formula is C18H25N3O3. The summed E-state index contributed by atoms with van der Waals surface area (Å²) in [6.07, 6.45) is 3.54. The fourth-order valence-electron chi connectivity index (χ4n) is 3.42. The zero-order valence-electron chi connectivity index (χ0n) is 13.9. The second kappa shape index (κ2) is 7.77. The second-order valence-corrected chi connectivity index (χ2v) is 6.56. The Labute approximate surface area is 142 Å². The van der Waals surface area contributed by atoms with E-state index in [1.807, 2.05) is 12.1 Å². The Kier molecular flexibility index (Phi) is 5.48. The lowest BCUT2D eigenvalue weighted by molar-refractivity contribution is -0.120. The highest BCUT2D eigenvalue weighted by Gasteiger charge is 2.27. The van der Waals surface area contributed by atoms with Gasteiger partial charge in [0.1, 0.15) is 0 Å². The highest BCUT2D eigenvalue weighted by molar-refractivity contribution is 6.04. The van der Waals surface area contributed by atoms with Gasteiger partial charge in [-0.25, -0.2) is 0 Å². The van der Waals surface area contributed by atoms with Gasteiger partial charge in [-0.15, -0.1) is 0 Å². The topological polar surface area (TPSA) is 84.7 Å². The average Bonchev–Trinajstić information content (AvgIpc) is 2.62. The highest BCUT2D eigenvalue weighted by atomic mass is 16.5. The summed E-state index contributed by atoms with van der Waals surface area (Å²) in [7, 11) is 0. The van der Waals surface area contributed by atoms with E-state index in [2.05, 4.69) is 5.32 Å². The van der Waals surface area contributed by atoms with E-state index in [9.17, 15) is 9.59 Å². The Bertz CT molecular complexity index is 599. The molecule has 1 saturated carbocycles. The first-order valence-electron chi connectivity index (χ1n) is 8.67. The maximum absolute atomic E-state index is 12.7. The Morgan fingerprint density at radius 1 is 1.17 bits per heavy atom. The molecule has 3 N–H and O–H groups in total. The summed E-state index contributed by atoms with van der Waals surface area (Å²) in [6, 6.07) is 7.30. The molecule has 3 rings (SSSR count). The highest BCUT2D eigenvalue weighted by Crippen LogP contribution is 2.26. The second-order valence-electron chi connectivity index (χ2n) is 6.56. The molecule has 6 heteroatoms. The number of hydrogen-bond acceptors (Lipinski definition) is 4.